The van der Waals surface area contributed by atoms with Gasteiger partial charge in [0.25, 0.3) is 0 Å². The molecule has 0 unspecified atom stereocenters. The Morgan fingerprint density at radius 1 is 1.67 bits per heavy atom. The molecule has 0 aliphatic carbocycles. The second kappa shape index (κ2) is 2.69. The molecule has 1 aromatic rings. The van der Waals surface area contributed by atoms with Crippen LogP contribution in [0.1, 0.15) is 5.56 Å². The van der Waals surface area contributed by atoms with E-state index in [1.807, 2.05) is 0 Å². The zero-order chi connectivity index (χ0) is 6.69. The third-order valence-electron chi connectivity index (χ3n) is 0.924. The highest BCUT2D eigenvalue weighted by Gasteiger charge is 1.89. The van der Waals surface area contributed by atoms with E-state index in [4.69, 9.17) is 11.6 Å². The van der Waals surface area contributed by atoms with Gasteiger partial charge in [-0.25, -0.2) is 4.79 Å². The molecule has 0 saturated heterocycles. The molecule has 2 nitrogen and oxygen atoms in total. The maximum absolute atomic E-state index is 10.4. The molecule has 3 heteroatoms. The molecule has 0 spiro atoms. The number of halogens is 1. The molecule has 9 heavy (non-hydrogen) atoms. The smallest absolute Gasteiger partial charge is 0.335 e. The van der Waals surface area contributed by atoms with Crippen LogP contribution >= 0.6 is 11.6 Å². The fraction of sp³-hybridized carbons (Fsp3) is 0.167. The highest BCUT2D eigenvalue weighted by atomic mass is 35.5. The number of rotatable bonds is 1. The first kappa shape index (κ1) is 6.36. The topological polar surface area (TPSA) is 30.2 Å². The molecule has 0 fully saturated rings. The largest absolute Gasteiger partial charge is 0.431 e. The fourth-order valence-corrected chi connectivity index (χ4v) is 0.671. The summed E-state index contributed by atoms with van der Waals surface area (Å²) in [7, 11) is 0. The van der Waals surface area contributed by atoms with Crippen LogP contribution in [0, 0.1) is 0 Å². The average molecular weight is 145 g/mol. The Bertz CT molecular complexity index is 241. The van der Waals surface area contributed by atoms with Crippen LogP contribution in [0.3, 0.4) is 0 Å². The molecule has 0 aliphatic rings. The summed E-state index contributed by atoms with van der Waals surface area (Å²) >= 11 is 5.42. The summed E-state index contributed by atoms with van der Waals surface area (Å²) in [5.74, 6) is 0.353. The van der Waals surface area contributed by atoms with Crippen molar-refractivity contribution in [2.24, 2.45) is 0 Å². The fourth-order valence-electron chi connectivity index (χ4n) is 0.505. The van der Waals surface area contributed by atoms with Crippen molar-refractivity contribution < 1.29 is 4.42 Å². The third-order valence-corrected chi connectivity index (χ3v) is 1.23. The summed E-state index contributed by atoms with van der Waals surface area (Å²) in [5.41, 5.74) is 0.432. The van der Waals surface area contributed by atoms with E-state index in [0.717, 1.165) is 5.56 Å². The Morgan fingerprint density at radius 3 is 2.89 bits per heavy atom. The summed E-state index contributed by atoms with van der Waals surface area (Å²) in [5, 5.41) is 0. The lowest BCUT2D eigenvalue weighted by Gasteiger charge is -1.87. The quantitative estimate of drug-likeness (QED) is 0.558. The predicted molar refractivity (Wildman–Crippen MR) is 34.5 cm³/mol. The van der Waals surface area contributed by atoms with Gasteiger partial charge in [0.05, 0.1) is 6.26 Å². The Hall–Kier alpha value is -0.760. The van der Waals surface area contributed by atoms with Crippen molar-refractivity contribution in [2.75, 3.05) is 0 Å². The first-order chi connectivity index (χ1) is 4.33. The SMILES string of the molecule is O=c1cc(CCl)cco1. The van der Waals surface area contributed by atoms with E-state index >= 15 is 0 Å². The zero-order valence-corrected chi connectivity index (χ0v) is 5.39. The molecule has 1 aromatic heterocycles. The Morgan fingerprint density at radius 2 is 2.44 bits per heavy atom. The molecule has 1 rings (SSSR count). The van der Waals surface area contributed by atoms with Crippen LogP contribution in [-0.4, -0.2) is 0 Å². The lowest BCUT2D eigenvalue weighted by Crippen LogP contribution is -1.95. The minimum Gasteiger partial charge on any atom is -0.431 e. The van der Waals surface area contributed by atoms with Crippen molar-refractivity contribution in [3.05, 3.63) is 34.4 Å². The summed E-state index contributed by atoms with van der Waals surface area (Å²) in [6.07, 6.45) is 1.33. The van der Waals surface area contributed by atoms with Gasteiger partial charge in [0, 0.05) is 11.9 Å². The molecule has 0 atom stereocenters. The van der Waals surface area contributed by atoms with Crippen LogP contribution < -0.4 is 5.63 Å². The Balaban J connectivity index is 3.08. The van der Waals surface area contributed by atoms with Crippen molar-refractivity contribution in [1.29, 1.82) is 0 Å². The van der Waals surface area contributed by atoms with Gasteiger partial charge in [-0.05, 0) is 11.6 Å². The van der Waals surface area contributed by atoms with Crippen LogP contribution in [-0.2, 0) is 5.88 Å². The molecule has 0 saturated carbocycles. The molecule has 48 valence electrons. The predicted octanol–water partition coefficient (Wildman–Crippen LogP) is 1.38. The maximum atomic E-state index is 10.4. The van der Waals surface area contributed by atoms with E-state index in [9.17, 15) is 4.79 Å². The van der Waals surface area contributed by atoms with Crippen LogP contribution in [0.5, 0.6) is 0 Å². The van der Waals surface area contributed by atoms with Gasteiger partial charge in [-0.2, -0.15) is 0 Å². The number of alkyl halides is 1. The number of hydrogen-bond donors (Lipinski definition) is 0. The van der Waals surface area contributed by atoms with Gasteiger partial charge < -0.3 is 4.42 Å². The van der Waals surface area contributed by atoms with Crippen LogP contribution in [0.25, 0.3) is 0 Å². The summed E-state index contributed by atoms with van der Waals surface area (Å²) in [4.78, 5) is 10.4. The van der Waals surface area contributed by atoms with Crippen LogP contribution in [0.2, 0.25) is 0 Å². The molecule has 0 bridgehead atoms. The summed E-state index contributed by atoms with van der Waals surface area (Å²) in [6.45, 7) is 0. The van der Waals surface area contributed by atoms with Crippen LogP contribution in [0.15, 0.2) is 27.6 Å². The van der Waals surface area contributed by atoms with E-state index in [2.05, 4.69) is 4.42 Å². The van der Waals surface area contributed by atoms with Crippen LogP contribution in [0.4, 0.5) is 0 Å². The highest BCUT2D eigenvalue weighted by molar-refractivity contribution is 6.17. The molecular formula is C6H5ClO2. The normalized spacial score (nSPS) is 9.44. The monoisotopic (exact) mass is 144 g/mol. The Kier molecular flexibility index (Phi) is 1.90. The maximum Gasteiger partial charge on any atom is 0.335 e. The van der Waals surface area contributed by atoms with Gasteiger partial charge in [-0.15, -0.1) is 11.6 Å². The summed E-state index contributed by atoms with van der Waals surface area (Å²) in [6, 6.07) is 3.03. The van der Waals surface area contributed by atoms with E-state index in [1.165, 1.54) is 12.3 Å². The minimum atomic E-state index is -0.354. The molecule has 1 heterocycles. The zero-order valence-electron chi connectivity index (χ0n) is 4.63. The minimum absolute atomic E-state index is 0.353. The van der Waals surface area contributed by atoms with E-state index < -0.39 is 0 Å². The molecule has 0 amide bonds. The van der Waals surface area contributed by atoms with E-state index in [1.54, 1.807) is 6.07 Å². The lowest BCUT2D eigenvalue weighted by molar-refractivity contribution is 0.509. The van der Waals surface area contributed by atoms with Gasteiger partial charge in [0.2, 0.25) is 0 Å². The van der Waals surface area contributed by atoms with Gasteiger partial charge in [0.15, 0.2) is 0 Å². The van der Waals surface area contributed by atoms with Crippen molar-refractivity contribution in [3.8, 4) is 0 Å². The molecule has 0 N–H and O–H groups in total. The van der Waals surface area contributed by atoms with Crippen molar-refractivity contribution >= 4 is 11.6 Å². The van der Waals surface area contributed by atoms with Gasteiger partial charge >= 0.3 is 5.63 Å². The summed E-state index contributed by atoms with van der Waals surface area (Å²) < 4.78 is 4.46. The Labute approximate surface area is 57.1 Å². The highest BCUT2D eigenvalue weighted by Crippen LogP contribution is 1.97. The lowest BCUT2D eigenvalue weighted by atomic mass is 10.3. The van der Waals surface area contributed by atoms with Crippen molar-refractivity contribution in [1.82, 2.24) is 0 Å². The number of hydrogen-bond acceptors (Lipinski definition) is 2. The second-order valence-electron chi connectivity index (χ2n) is 1.59. The van der Waals surface area contributed by atoms with E-state index in [0.29, 0.717) is 5.88 Å². The standard InChI is InChI=1S/C6H5ClO2/c7-4-5-1-2-9-6(8)3-5/h1-3H,4H2. The second-order valence-corrected chi connectivity index (χ2v) is 1.86. The van der Waals surface area contributed by atoms with Crippen molar-refractivity contribution in [3.63, 3.8) is 0 Å². The van der Waals surface area contributed by atoms with Gasteiger partial charge in [-0.1, -0.05) is 0 Å². The average Bonchev–Trinajstić information content (AvgIpc) is 1.88. The first-order valence-corrected chi connectivity index (χ1v) is 3.00. The molecule has 0 aliphatic heterocycles. The van der Waals surface area contributed by atoms with Gasteiger partial charge in [0.1, 0.15) is 0 Å². The van der Waals surface area contributed by atoms with Crippen molar-refractivity contribution in [2.45, 2.75) is 5.88 Å². The van der Waals surface area contributed by atoms with Gasteiger partial charge in [-0.3, -0.25) is 0 Å². The van der Waals surface area contributed by atoms with E-state index in [-0.39, 0.29) is 5.63 Å². The molecular weight excluding hydrogens is 140 g/mol. The third kappa shape index (κ3) is 1.57. The molecule has 0 radical (unpaired) electrons. The first-order valence-electron chi connectivity index (χ1n) is 2.46. The molecule has 0 aromatic carbocycles.